The number of piperidine rings is 1. The van der Waals surface area contributed by atoms with Gasteiger partial charge in [-0.15, -0.1) is 0 Å². The number of sulfonamides is 1. The lowest BCUT2D eigenvalue weighted by Gasteiger charge is -2.38. The predicted molar refractivity (Wildman–Crippen MR) is 133 cm³/mol. The van der Waals surface area contributed by atoms with Crippen molar-refractivity contribution in [3.05, 3.63) is 24.3 Å². The minimum atomic E-state index is -3.56. The number of hydrogen-bond acceptors (Lipinski definition) is 5. The maximum absolute atomic E-state index is 13.1. The van der Waals surface area contributed by atoms with Crippen molar-refractivity contribution in [2.24, 2.45) is 5.41 Å². The van der Waals surface area contributed by atoms with E-state index in [1.54, 1.807) is 28.6 Å². The van der Waals surface area contributed by atoms with E-state index in [1.165, 1.54) is 7.11 Å². The van der Waals surface area contributed by atoms with Crippen molar-refractivity contribution in [1.82, 2.24) is 19.8 Å². The second kappa shape index (κ2) is 10.7. The fraction of sp³-hybridized carbons (Fsp3) is 0.680. The summed E-state index contributed by atoms with van der Waals surface area (Å²) in [4.78, 5) is 26.4. The van der Waals surface area contributed by atoms with Crippen molar-refractivity contribution < 1.29 is 22.7 Å². The molecule has 1 aromatic carbocycles. The van der Waals surface area contributed by atoms with Crippen LogP contribution in [0.4, 0.5) is 4.79 Å². The summed E-state index contributed by atoms with van der Waals surface area (Å²) in [6, 6.07) is 6.85. The molecule has 0 radical (unpaired) electrons. The van der Waals surface area contributed by atoms with Crippen LogP contribution in [-0.2, 0) is 14.8 Å². The molecule has 0 unspecified atom stereocenters. The van der Waals surface area contributed by atoms with Gasteiger partial charge in [-0.25, -0.2) is 13.2 Å². The van der Waals surface area contributed by atoms with Crippen LogP contribution in [0, 0.1) is 5.41 Å². The minimum Gasteiger partial charge on any atom is -0.497 e. The first kappa shape index (κ1) is 25.8. The SMILES string of the molecule is COc1cccc(S(=O)(=O)N2CCC3(CCN(C(=O)CCCCC[C@H]4NC(=O)N[C@H]4C)C3)CC2)c1. The predicted octanol–water partition coefficient (Wildman–Crippen LogP) is 2.72. The number of unbranched alkanes of at least 4 members (excludes halogenated alkanes) is 2. The summed E-state index contributed by atoms with van der Waals surface area (Å²) in [5, 5.41) is 5.80. The van der Waals surface area contributed by atoms with Gasteiger partial charge in [0.1, 0.15) is 5.75 Å². The molecule has 3 saturated heterocycles. The van der Waals surface area contributed by atoms with Gasteiger partial charge in [0.15, 0.2) is 0 Å². The van der Waals surface area contributed by atoms with Crippen LogP contribution in [-0.4, -0.2) is 74.9 Å². The maximum Gasteiger partial charge on any atom is 0.315 e. The first-order valence-electron chi connectivity index (χ1n) is 12.7. The number of nitrogens with zero attached hydrogens (tertiary/aromatic N) is 2. The van der Waals surface area contributed by atoms with Crippen LogP contribution in [0.2, 0.25) is 0 Å². The van der Waals surface area contributed by atoms with E-state index in [2.05, 4.69) is 10.6 Å². The normalized spacial score (nSPS) is 24.4. The molecule has 1 spiro atoms. The van der Waals surface area contributed by atoms with Gasteiger partial charge in [-0.2, -0.15) is 4.31 Å². The van der Waals surface area contributed by atoms with Crippen molar-refractivity contribution in [1.29, 1.82) is 0 Å². The summed E-state index contributed by atoms with van der Waals surface area (Å²) < 4.78 is 33.0. The number of benzene rings is 1. The van der Waals surface area contributed by atoms with E-state index in [0.29, 0.717) is 25.3 Å². The lowest BCUT2D eigenvalue weighted by atomic mass is 9.78. The third kappa shape index (κ3) is 5.91. The average Bonchev–Trinajstić information content (AvgIpc) is 3.41. The molecule has 0 aliphatic carbocycles. The number of amides is 3. The van der Waals surface area contributed by atoms with E-state index in [4.69, 9.17) is 4.74 Å². The first-order valence-corrected chi connectivity index (χ1v) is 14.2. The highest BCUT2D eigenvalue weighted by atomic mass is 32.2. The molecular formula is C25H38N4O5S. The Morgan fingerprint density at radius 2 is 1.86 bits per heavy atom. The maximum atomic E-state index is 13.1. The third-order valence-corrected chi connectivity index (χ3v) is 9.83. The summed E-state index contributed by atoms with van der Waals surface area (Å²) in [6.07, 6.45) is 6.80. The van der Waals surface area contributed by atoms with Gasteiger partial charge in [-0.1, -0.05) is 18.9 Å². The molecule has 0 bridgehead atoms. The molecule has 3 heterocycles. The van der Waals surface area contributed by atoms with Gasteiger partial charge in [0.2, 0.25) is 15.9 Å². The average molecular weight is 507 g/mol. The van der Waals surface area contributed by atoms with Crippen molar-refractivity contribution in [3.8, 4) is 5.75 Å². The fourth-order valence-corrected chi connectivity index (χ4v) is 7.08. The summed E-state index contributed by atoms with van der Waals surface area (Å²) >= 11 is 0. The first-order chi connectivity index (χ1) is 16.7. The minimum absolute atomic E-state index is 0.0277. The second-order valence-electron chi connectivity index (χ2n) is 10.3. The summed E-state index contributed by atoms with van der Waals surface area (Å²) in [6.45, 7) is 4.46. The molecule has 2 N–H and O–H groups in total. The van der Waals surface area contributed by atoms with Crippen molar-refractivity contribution in [2.45, 2.75) is 75.3 Å². The molecular weight excluding hydrogens is 468 g/mol. The largest absolute Gasteiger partial charge is 0.497 e. The Balaban J connectivity index is 1.20. The highest BCUT2D eigenvalue weighted by Crippen LogP contribution is 2.41. The lowest BCUT2D eigenvalue weighted by Crippen LogP contribution is -2.44. The molecule has 0 aromatic heterocycles. The number of rotatable bonds is 9. The van der Waals surface area contributed by atoms with Crippen LogP contribution in [0.25, 0.3) is 0 Å². The number of likely N-dealkylation sites (tertiary alicyclic amines) is 1. The Hall–Kier alpha value is -2.33. The topological polar surface area (TPSA) is 108 Å². The molecule has 3 fully saturated rings. The zero-order valence-electron chi connectivity index (χ0n) is 20.8. The van der Waals surface area contributed by atoms with E-state index in [1.807, 2.05) is 11.8 Å². The van der Waals surface area contributed by atoms with Crippen LogP contribution in [0.1, 0.15) is 58.3 Å². The van der Waals surface area contributed by atoms with E-state index < -0.39 is 10.0 Å². The number of methoxy groups -OCH3 is 1. The Morgan fingerprint density at radius 1 is 1.11 bits per heavy atom. The fourth-order valence-electron chi connectivity index (χ4n) is 5.61. The molecule has 194 valence electrons. The van der Waals surface area contributed by atoms with Crippen LogP contribution in [0.3, 0.4) is 0 Å². The zero-order chi connectivity index (χ0) is 25.1. The molecule has 3 amide bonds. The smallest absolute Gasteiger partial charge is 0.315 e. The van der Waals surface area contributed by atoms with Gasteiger partial charge in [-0.05, 0) is 56.6 Å². The van der Waals surface area contributed by atoms with Gasteiger partial charge in [0, 0.05) is 44.7 Å². The molecule has 1 aromatic rings. The van der Waals surface area contributed by atoms with E-state index in [-0.39, 0.29) is 34.3 Å². The highest BCUT2D eigenvalue weighted by molar-refractivity contribution is 7.89. The molecule has 2 atom stereocenters. The van der Waals surface area contributed by atoms with Crippen LogP contribution in [0.15, 0.2) is 29.2 Å². The summed E-state index contributed by atoms with van der Waals surface area (Å²) in [7, 11) is -2.03. The number of carbonyl (C=O) groups excluding carboxylic acids is 2. The Bertz CT molecular complexity index is 1020. The van der Waals surface area contributed by atoms with E-state index >= 15 is 0 Å². The van der Waals surface area contributed by atoms with Crippen molar-refractivity contribution in [2.75, 3.05) is 33.3 Å². The monoisotopic (exact) mass is 506 g/mol. The number of urea groups is 1. The Kier molecular flexibility index (Phi) is 7.90. The molecule has 9 nitrogen and oxygen atoms in total. The molecule has 35 heavy (non-hydrogen) atoms. The molecule has 4 rings (SSSR count). The quantitative estimate of drug-likeness (QED) is 0.501. The van der Waals surface area contributed by atoms with Crippen LogP contribution < -0.4 is 15.4 Å². The third-order valence-electron chi connectivity index (χ3n) is 7.94. The van der Waals surface area contributed by atoms with Crippen LogP contribution >= 0.6 is 0 Å². The summed E-state index contributed by atoms with van der Waals surface area (Å²) in [5.41, 5.74) is 0.0277. The molecule has 10 heteroatoms. The number of nitrogens with one attached hydrogen (secondary N) is 2. The van der Waals surface area contributed by atoms with Gasteiger partial charge >= 0.3 is 6.03 Å². The zero-order valence-corrected chi connectivity index (χ0v) is 21.6. The Labute approximate surface area is 208 Å². The number of hydrogen-bond donors (Lipinski definition) is 2. The van der Waals surface area contributed by atoms with E-state index in [9.17, 15) is 18.0 Å². The highest BCUT2D eigenvalue weighted by Gasteiger charge is 2.44. The molecule has 0 saturated carbocycles. The number of carbonyl (C=O) groups is 2. The van der Waals surface area contributed by atoms with Crippen molar-refractivity contribution >= 4 is 22.0 Å². The summed E-state index contributed by atoms with van der Waals surface area (Å²) in [5.74, 6) is 0.735. The molecule has 3 aliphatic rings. The Morgan fingerprint density at radius 3 is 2.54 bits per heavy atom. The number of ether oxygens (including phenoxy) is 1. The lowest BCUT2D eigenvalue weighted by molar-refractivity contribution is -0.130. The molecule has 3 aliphatic heterocycles. The van der Waals surface area contributed by atoms with Crippen LogP contribution in [0.5, 0.6) is 5.75 Å². The van der Waals surface area contributed by atoms with E-state index in [0.717, 1.165) is 58.0 Å². The van der Waals surface area contributed by atoms with Gasteiger partial charge in [0.25, 0.3) is 0 Å². The van der Waals surface area contributed by atoms with Gasteiger partial charge in [0.05, 0.1) is 18.0 Å². The van der Waals surface area contributed by atoms with Gasteiger partial charge < -0.3 is 20.3 Å². The second-order valence-corrected chi connectivity index (χ2v) is 12.2. The van der Waals surface area contributed by atoms with Crippen molar-refractivity contribution in [3.63, 3.8) is 0 Å². The standard InChI is InChI=1S/C25H38N4O5S/c1-19-22(27-24(31)26-19)9-4-3-5-10-23(30)28-14-11-25(18-28)12-15-29(16-13-25)35(32,33)21-8-6-7-20(17-21)34-2/h6-8,17,19,22H,3-5,9-16,18H2,1-2H3,(H2,26,27,31)/t19-,22+/m0/s1. The van der Waals surface area contributed by atoms with Gasteiger partial charge in [-0.3, -0.25) is 4.79 Å².